The Hall–Kier alpha value is 0.0600. The summed E-state index contributed by atoms with van der Waals surface area (Å²) in [6.45, 7) is 0.335. The Morgan fingerprint density at radius 3 is 1.74 bits per heavy atom. The third-order valence-corrected chi connectivity index (χ3v) is 2.94. The highest BCUT2D eigenvalue weighted by atomic mass is 35.5. The maximum absolute atomic E-state index is 11.4. The Balaban J connectivity index is 4.13. The molecule has 0 aliphatic rings. The lowest BCUT2D eigenvalue weighted by Crippen LogP contribution is -2.33. The number of carbonyl (C=O) groups is 2. The van der Waals surface area contributed by atoms with Crippen LogP contribution in [0, 0.1) is 0 Å². The van der Waals surface area contributed by atoms with Crippen molar-refractivity contribution in [2.45, 2.75) is 12.2 Å². The molecule has 0 aromatic carbocycles. The minimum absolute atomic E-state index is 0.0136. The zero-order chi connectivity index (χ0) is 14.7. The molecular weight excluding hydrogens is 342 g/mol. The molecule has 0 saturated carbocycles. The van der Waals surface area contributed by atoms with Crippen LogP contribution in [0.1, 0.15) is 0 Å². The second kappa shape index (κ2) is 11.9. The van der Waals surface area contributed by atoms with Crippen molar-refractivity contribution in [1.82, 2.24) is 0 Å². The van der Waals surface area contributed by atoms with Gasteiger partial charge in [-0.2, -0.15) is 0 Å². The minimum Gasteiger partial charge on any atom is -0.451 e. The summed E-state index contributed by atoms with van der Waals surface area (Å²) in [5.74, 6) is -2.08. The van der Waals surface area contributed by atoms with E-state index in [-0.39, 0.29) is 30.9 Å². The van der Waals surface area contributed by atoms with Gasteiger partial charge >= 0.3 is 11.9 Å². The van der Waals surface area contributed by atoms with Crippen molar-refractivity contribution in [1.29, 1.82) is 0 Å². The third-order valence-electron chi connectivity index (χ3n) is 1.76. The van der Waals surface area contributed by atoms with Gasteiger partial charge in [0.05, 0.1) is 30.9 Å². The fourth-order valence-corrected chi connectivity index (χ4v) is 1.60. The lowest BCUT2D eigenvalue weighted by atomic mass is 10.4. The molecule has 0 aromatic rings. The summed E-state index contributed by atoms with van der Waals surface area (Å²) in [5, 5.41) is 0. The van der Waals surface area contributed by atoms with Crippen LogP contribution in [0.2, 0.25) is 0 Å². The van der Waals surface area contributed by atoms with Crippen LogP contribution in [-0.2, 0) is 23.8 Å². The quantitative estimate of drug-likeness (QED) is 0.273. The van der Waals surface area contributed by atoms with E-state index >= 15 is 0 Å². The molecule has 112 valence electrons. The Morgan fingerprint density at radius 1 is 0.842 bits per heavy atom. The number of hydrogen-bond donors (Lipinski definition) is 0. The van der Waals surface area contributed by atoms with Crippen molar-refractivity contribution in [3.63, 3.8) is 0 Å². The van der Waals surface area contributed by atoms with Crippen LogP contribution in [0.5, 0.6) is 0 Å². The second-order valence-electron chi connectivity index (χ2n) is 3.28. The van der Waals surface area contributed by atoms with Crippen LogP contribution >= 0.6 is 46.4 Å². The van der Waals surface area contributed by atoms with Crippen molar-refractivity contribution in [2.75, 3.05) is 36.7 Å². The highest BCUT2D eigenvalue weighted by Crippen LogP contribution is 2.03. The average molecular weight is 356 g/mol. The predicted molar refractivity (Wildman–Crippen MR) is 73.5 cm³/mol. The summed E-state index contributed by atoms with van der Waals surface area (Å²) >= 11 is 21.9. The number of carbonyl (C=O) groups excluding carboxylic acids is 2. The fourth-order valence-electron chi connectivity index (χ4n) is 0.883. The number of ether oxygens (including phenoxy) is 3. The van der Waals surface area contributed by atoms with E-state index in [4.69, 9.17) is 60.6 Å². The summed E-state index contributed by atoms with van der Waals surface area (Å²) in [6.07, 6.45) is -1.50. The molecule has 0 radical (unpaired) electrons. The molecule has 1 atom stereocenters. The van der Waals surface area contributed by atoms with E-state index in [9.17, 15) is 9.59 Å². The van der Waals surface area contributed by atoms with Crippen LogP contribution in [-0.4, -0.2) is 60.9 Å². The van der Waals surface area contributed by atoms with Crippen LogP contribution in [0.15, 0.2) is 0 Å². The van der Waals surface area contributed by atoms with Gasteiger partial charge in [-0.1, -0.05) is 0 Å². The number of halogens is 4. The van der Waals surface area contributed by atoms with Crippen molar-refractivity contribution in [2.24, 2.45) is 0 Å². The summed E-state index contributed by atoms with van der Waals surface area (Å²) in [6, 6.07) is 0. The predicted octanol–water partition coefficient (Wildman–Crippen LogP) is 1.78. The van der Waals surface area contributed by atoms with Gasteiger partial charge < -0.3 is 14.2 Å². The Kier molecular flexibility index (Phi) is 11.9. The van der Waals surface area contributed by atoms with E-state index in [1.54, 1.807) is 0 Å². The molecule has 0 spiro atoms. The van der Waals surface area contributed by atoms with Gasteiger partial charge in [0.15, 0.2) is 0 Å². The van der Waals surface area contributed by atoms with Crippen LogP contribution in [0.25, 0.3) is 0 Å². The molecule has 19 heavy (non-hydrogen) atoms. The standard InChI is InChI=1S/C10H14Cl4O5/c11-1-2-17-6-8(5-14)19-10(16)9(15)18-7(3-12)4-13/h7-8H,1-6H2. The van der Waals surface area contributed by atoms with Gasteiger partial charge in [-0.05, 0) is 0 Å². The largest absolute Gasteiger partial charge is 0.451 e. The molecule has 5 nitrogen and oxygen atoms in total. The molecule has 0 saturated heterocycles. The summed E-state index contributed by atoms with van der Waals surface area (Å²) in [5.41, 5.74) is 0. The van der Waals surface area contributed by atoms with E-state index in [2.05, 4.69) is 0 Å². The van der Waals surface area contributed by atoms with Crippen molar-refractivity contribution in [3.05, 3.63) is 0 Å². The molecular formula is C10H14Cl4O5. The van der Waals surface area contributed by atoms with E-state index in [1.165, 1.54) is 0 Å². The number of rotatable bonds is 9. The van der Waals surface area contributed by atoms with Gasteiger partial charge in [0.2, 0.25) is 0 Å². The highest BCUT2D eigenvalue weighted by molar-refractivity contribution is 6.30. The number of esters is 2. The van der Waals surface area contributed by atoms with Crippen LogP contribution in [0.3, 0.4) is 0 Å². The molecule has 1 unspecified atom stereocenters. The van der Waals surface area contributed by atoms with Gasteiger partial charge in [-0.15, -0.1) is 46.4 Å². The Bertz CT molecular complexity index is 273. The topological polar surface area (TPSA) is 61.8 Å². The molecule has 0 bridgehead atoms. The van der Waals surface area contributed by atoms with Crippen molar-refractivity contribution < 1.29 is 23.8 Å². The molecule has 0 heterocycles. The van der Waals surface area contributed by atoms with E-state index in [1.807, 2.05) is 0 Å². The third kappa shape index (κ3) is 8.76. The SMILES string of the molecule is O=C(OC(CCl)CCl)C(=O)OC(CCl)COCCCl. The zero-order valence-corrected chi connectivity index (χ0v) is 13.0. The van der Waals surface area contributed by atoms with Crippen molar-refractivity contribution >= 4 is 58.3 Å². The van der Waals surface area contributed by atoms with Gasteiger partial charge in [-0.3, -0.25) is 0 Å². The lowest BCUT2D eigenvalue weighted by molar-refractivity contribution is -0.173. The fraction of sp³-hybridized carbons (Fsp3) is 0.800. The van der Waals surface area contributed by atoms with Crippen LogP contribution < -0.4 is 0 Å². The van der Waals surface area contributed by atoms with E-state index in [0.717, 1.165) is 0 Å². The summed E-state index contributed by atoms with van der Waals surface area (Å²) in [4.78, 5) is 22.7. The minimum atomic E-state index is -1.17. The smallest absolute Gasteiger partial charge is 0.417 e. The Labute approximate surface area is 131 Å². The first kappa shape index (κ1) is 19.1. The Morgan fingerprint density at radius 2 is 1.32 bits per heavy atom. The van der Waals surface area contributed by atoms with Gasteiger partial charge in [0.25, 0.3) is 0 Å². The van der Waals surface area contributed by atoms with E-state index in [0.29, 0.717) is 5.88 Å². The van der Waals surface area contributed by atoms with Crippen molar-refractivity contribution in [3.8, 4) is 0 Å². The highest BCUT2D eigenvalue weighted by Gasteiger charge is 2.25. The molecule has 0 aliphatic carbocycles. The monoisotopic (exact) mass is 354 g/mol. The van der Waals surface area contributed by atoms with Crippen LogP contribution in [0.4, 0.5) is 0 Å². The maximum atomic E-state index is 11.4. The number of alkyl halides is 4. The first-order valence-electron chi connectivity index (χ1n) is 5.32. The lowest BCUT2D eigenvalue weighted by Gasteiger charge is -2.16. The van der Waals surface area contributed by atoms with Gasteiger partial charge in [0.1, 0.15) is 12.2 Å². The summed E-state index contributed by atoms with van der Waals surface area (Å²) < 4.78 is 14.5. The molecule has 0 rings (SSSR count). The first-order valence-corrected chi connectivity index (χ1v) is 7.46. The average Bonchev–Trinajstić information content (AvgIpc) is 2.43. The zero-order valence-electron chi connectivity index (χ0n) is 9.95. The second-order valence-corrected chi connectivity index (χ2v) is 4.59. The molecule has 0 aliphatic heterocycles. The molecule has 9 heteroatoms. The molecule has 0 N–H and O–H groups in total. The normalized spacial score (nSPS) is 12.3. The molecule has 0 fully saturated rings. The maximum Gasteiger partial charge on any atom is 0.417 e. The molecule has 0 aromatic heterocycles. The number of hydrogen-bond acceptors (Lipinski definition) is 5. The van der Waals surface area contributed by atoms with E-state index < -0.39 is 24.1 Å². The first-order chi connectivity index (χ1) is 9.08. The van der Waals surface area contributed by atoms with Gasteiger partial charge in [-0.25, -0.2) is 9.59 Å². The summed E-state index contributed by atoms with van der Waals surface area (Å²) in [7, 11) is 0. The van der Waals surface area contributed by atoms with Gasteiger partial charge in [0, 0.05) is 5.88 Å². The molecule has 0 amide bonds.